The number of nitrogens with zero attached hydrogens (tertiary/aromatic N) is 1. The monoisotopic (exact) mass is 314 g/mol. The number of hydrogen-bond donors (Lipinski definition) is 1. The maximum atomic E-state index is 9.00. The van der Waals surface area contributed by atoms with Crippen molar-refractivity contribution in [2.45, 2.75) is 56.8 Å². The minimum Gasteiger partial charge on any atom is -0.381 e. The van der Waals surface area contributed by atoms with E-state index in [1.165, 1.54) is 5.56 Å². The van der Waals surface area contributed by atoms with Crippen molar-refractivity contribution in [2.75, 3.05) is 19.8 Å². The summed E-state index contributed by atoms with van der Waals surface area (Å²) in [5, 5.41) is 12.8. The second-order valence-corrected chi connectivity index (χ2v) is 7.30. The van der Waals surface area contributed by atoms with Gasteiger partial charge in [-0.05, 0) is 57.2 Å². The highest BCUT2D eigenvalue weighted by Crippen LogP contribution is 2.34. The van der Waals surface area contributed by atoms with Crippen molar-refractivity contribution in [3.05, 3.63) is 35.4 Å². The molecule has 0 saturated carbocycles. The van der Waals surface area contributed by atoms with Crippen molar-refractivity contribution in [3.63, 3.8) is 0 Å². The molecular formula is C19H26N2O2. The van der Waals surface area contributed by atoms with Gasteiger partial charge in [0.15, 0.2) is 0 Å². The summed E-state index contributed by atoms with van der Waals surface area (Å²) >= 11 is 0. The van der Waals surface area contributed by atoms with Crippen LogP contribution in [0.2, 0.25) is 0 Å². The Morgan fingerprint density at radius 3 is 2.43 bits per heavy atom. The highest BCUT2D eigenvalue weighted by Gasteiger charge is 2.37. The van der Waals surface area contributed by atoms with Crippen LogP contribution in [0, 0.1) is 11.3 Å². The third-order valence-electron chi connectivity index (χ3n) is 5.14. The normalized spacial score (nSPS) is 25.9. The lowest BCUT2D eigenvalue weighted by atomic mass is 9.82. The van der Waals surface area contributed by atoms with Crippen LogP contribution in [-0.2, 0) is 15.0 Å². The van der Waals surface area contributed by atoms with Gasteiger partial charge in [-0.3, -0.25) is 0 Å². The van der Waals surface area contributed by atoms with E-state index in [-0.39, 0.29) is 17.2 Å². The summed E-state index contributed by atoms with van der Waals surface area (Å²) in [5.41, 5.74) is 1.89. The van der Waals surface area contributed by atoms with Gasteiger partial charge in [0.2, 0.25) is 0 Å². The third-order valence-corrected chi connectivity index (χ3v) is 5.14. The highest BCUT2D eigenvalue weighted by atomic mass is 16.5. The summed E-state index contributed by atoms with van der Waals surface area (Å²) in [7, 11) is 0. The average molecular weight is 314 g/mol. The SMILES string of the molecule is CC1(C)CCC(CNC2(c3ccc(C#N)cc3)CCOCC2)O1. The first-order valence-electron chi connectivity index (χ1n) is 8.54. The number of benzene rings is 1. The molecule has 124 valence electrons. The summed E-state index contributed by atoms with van der Waals surface area (Å²) in [5.74, 6) is 0. The molecule has 0 radical (unpaired) electrons. The maximum Gasteiger partial charge on any atom is 0.0991 e. The van der Waals surface area contributed by atoms with Gasteiger partial charge < -0.3 is 14.8 Å². The number of rotatable bonds is 4. The van der Waals surface area contributed by atoms with E-state index >= 15 is 0 Å². The first-order chi connectivity index (χ1) is 11.0. The van der Waals surface area contributed by atoms with E-state index in [1.807, 2.05) is 12.1 Å². The average Bonchev–Trinajstić information content (AvgIpc) is 2.93. The first kappa shape index (κ1) is 16.4. The van der Waals surface area contributed by atoms with Gasteiger partial charge in [-0.25, -0.2) is 0 Å². The quantitative estimate of drug-likeness (QED) is 0.928. The molecule has 0 spiro atoms. The fourth-order valence-electron chi connectivity index (χ4n) is 3.68. The molecule has 1 atom stereocenters. The van der Waals surface area contributed by atoms with Crippen LogP contribution in [0.3, 0.4) is 0 Å². The molecule has 4 nitrogen and oxygen atoms in total. The van der Waals surface area contributed by atoms with Gasteiger partial charge >= 0.3 is 0 Å². The summed E-state index contributed by atoms with van der Waals surface area (Å²) in [6.07, 6.45) is 4.42. The molecule has 2 aliphatic rings. The molecule has 1 aromatic carbocycles. The maximum absolute atomic E-state index is 9.00. The smallest absolute Gasteiger partial charge is 0.0991 e. The van der Waals surface area contributed by atoms with E-state index in [2.05, 4.69) is 37.4 Å². The van der Waals surface area contributed by atoms with E-state index in [0.717, 1.165) is 45.4 Å². The van der Waals surface area contributed by atoms with Crippen LogP contribution in [0.25, 0.3) is 0 Å². The van der Waals surface area contributed by atoms with Crippen LogP contribution in [-0.4, -0.2) is 31.5 Å². The fourth-order valence-corrected chi connectivity index (χ4v) is 3.68. The van der Waals surface area contributed by atoms with Gasteiger partial charge in [-0.15, -0.1) is 0 Å². The molecule has 0 amide bonds. The highest BCUT2D eigenvalue weighted by molar-refractivity contribution is 5.35. The standard InChI is InChI=1S/C19H26N2O2/c1-18(2)8-7-17(23-18)14-21-19(9-11-22-12-10-19)16-5-3-15(13-20)4-6-16/h3-6,17,21H,7-12,14H2,1-2H3. The molecule has 2 heterocycles. The van der Waals surface area contributed by atoms with E-state index < -0.39 is 0 Å². The fraction of sp³-hybridized carbons (Fsp3) is 0.632. The van der Waals surface area contributed by atoms with Gasteiger partial charge in [0.05, 0.1) is 23.3 Å². The van der Waals surface area contributed by atoms with Crippen LogP contribution in [0.4, 0.5) is 0 Å². The number of nitriles is 1. The molecule has 3 rings (SSSR count). The lowest BCUT2D eigenvalue weighted by molar-refractivity contribution is -0.0238. The summed E-state index contributed by atoms with van der Waals surface area (Å²) in [6, 6.07) is 10.2. The minimum atomic E-state index is -0.0671. The third kappa shape index (κ3) is 3.74. The predicted octanol–water partition coefficient (Wildman–Crippen LogP) is 3.11. The van der Waals surface area contributed by atoms with Crippen LogP contribution >= 0.6 is 0 Å². The summed E-state index contributed by atoms with van der Waals surface area (Å²) in [4.78, 5) is 0. The summed E-state index contributed by atoms with van der Waals surface area (Å²) in [6.45, 7) is 6.73. The first-order valence-corrected chi connectivity index (χ1v) is 8.54. The number of nitrogens with one attached hydrogen (secondary N) is 1. The Kier molecular flexibility index (Phi) is 4.72. The van der Waals surface area contributed by atoms with E-state index in [4.69, 9.17) is 14.7 Å². The van der Waals surface area contributed by atoms with Crippen LogP contribution in [0.1, 0.15) is 50.7 Å². The van der Waals surface area contributed by atoms with Crippen molar-refractivity contribution >= 4 is 0 Å². The van der Waals surface area contributed by atoms with Gasteiger partial charge in [0.25, 0.3) is 0 Å². The van der Waals surface area contributed by atoms with Gasteiger partial charge in [0.1, 0.15) is 0 Å². The lowest BCUT2D eigenvalue weighted by Crippen LogP contribution is -2.49. The van der Waals surface area contributed by atoms with Crippen molar-refractivity contribution in [1.82, 2.24) is 5.32 Å². The second kappa shape index (κ2) is 6.60. The van der Waals surface area contributed by atoms with Gasteiger partial charge in [0, 0.05) is 25.3 Å². The Labute approximate surface area is 138 Å². The van der Waals surface area contributed by atoms with Crippen molar-refractivity contribution in [2.24, 2.45) is 0 Å². The zero-order chi connectivity index (χ0) is 16.3. The number of hydrogen-bond acceptors (Lipinski definition) is 4. The Balaban J connectivity index is 1.73. The molecule has 2 aliphatic heterocycles. The van der Waals surface area contributed by atoms with Crippen molar-refractivity contribution in [1.29, 1.82) is 5.26 Å². The lowest BCUT2D eigenvalue weighted by Gasteiger charge is -2.39. The van der Waals surface area contributed by atoms with Crippen LogP contribution in [0.5, 0.6) is 0 Å². The molecule has 23 heavy (non-hydrogen) atoms. The molecular weight excluding hydrogens is 288 g/mol. The summed E-state index contributed by atoms with van der Waals surface area (Å²) < 4.78 is 11.7. The van der Waals surface area contributed by atoms with E-state index in [9.17, 15) is 0 Å². The second-order valence-electron chi connectivity index (χ2n) is 7.30. The van der Waals surface area contributed by atoms with Crippen molar-refractivity contribution < 1.29 is 9.47 Å². The molecule has 2 saturated heterocycles. The molecule has 0 bridgehead atoms. The Hall–Kier alpha value is -1.41. The Morgan fingerprint density at radius 2 is 1.87 bits per heavy atom. The Bertz CT molecular complexity index is 568. The van der Waals surface area contributed by atoms with Gasteiger partial charge in [-0.1, -0.05) is 12.1 Å². The molecule has 0 aliphatic carbocycles. The predicted molar refractivity (Wildman–Crippen MR) is 89.1 cm³/mol. The van der Waals surface area contributed by atoms with Crippen molar-refractivity contribution in [3.8, 4) is 6.07 Å². The zero-order valence-corrected chi connectivity index (χ0v) is 14.1. The molecule has 1 N–H and O–H groups in total. The molecule has 0 aromatic heterocycles. The number of ether oxygens (including phenoxy) is 2. The molecule has 1 aromatic rings. The molecule has 4 heteroatoms. The largest absolute Gasteiger partial charge is 0.381 e. The van der Waals surface area contributed by atoms with Crippen LogP contribution in [0.15, 0.2) is 24.3 Å². The van der Waals surface area contributed by atoms with Crippen LogP contribution < -0.4 is 5.32 Å². The minimum absolute atomic E-state index is 0.00360. The zero-order valence-electron chi connectivity index (χ0n) is 14.1. The van der Waals surface area contributed by atoms with E-state index in [1.54, 1.807) is 0 Å². The van der Waals surface area contributed by atoms with E-state index in [0.29, 0.717) is 5.56 Å². The molecule has 2 fully saturated rings. The topological polar surface area (TPSA) is 54.3 Å². The van der Waals surface area contributed by atoms with Gasteiger partial charge in [-0.2, -0.15) is 5.26 Å². The molecule has 1 unspecified atom stereocenters. The Morgan fingerprint density at radius 1 is 1.17 bits per heavy atom.